The van der Waals surface area contributed by atoms with Crippen LogP contribution in [0, 0.1) is 0 Å². The third-order valence-corrected chi connectivity index (χ3v) is 12.7. The van der Waals surface area contributed by atoms with Crippen molar-refractivity contribution in [2.45, 2.75) is 0 Å². The fourth-order valence-electron chi connectivity index (χ4n) is 7.99. The van der Waals surface area contributed by atoms with E-state index in [1.54, 1.807) is 6.07 Å². The van der Waals surface area contributed by atoms with Gasteiger partial charge in [0.2, 0.25) is 0 Å². The highest BCUT2D eigenvalue weighted by Gasteiger charge is 2.26. The zero-order valence-electron chi connectivity index (χ0n) is 33.5. The number of nitrogens with zero attached hydrogens (tertiary/aromatic N) is 3. The van der Waals surface area contributed by atoms with Crippen molar-refractivity contribution >= 4 is 218 Å². The van der Waals surface area contributed by atoms with Gasteiger partial charge < -0.3 is 0 Å². The largest absolute Gasteiger partial charge is 0.208 e. The Kier molecular flexibility index (Phi) is 11.1. The fraction of sp³-hybridized carbons (Fsp3) is 0. The summed E-state index contributed by atoms with van der Waals surface area (Å²) in [5.74, 6) is 0.892. The van der Waals surface area contributed by atoms with E-state index in [9.17, 15) is 0 Å². The van der Waals surface area contributed by atoms with Gasteiger partial charge in [-0.1, -0.05) is 140 Å². The maximum absolute atomic E-state index is 7.02. The standard InChI is InChI=1S/C45H15B14N3S/c46-21-15-20(41-26(28(21)47)24-23(31(50)38(57)40(59)42(24)63-41)25-32(51)36(55)39(58)37(56)33(25)52)22-29(48)34(53)27(35(54)30(22)49)45-61-43(18-9-5-2-6-10-18)60-44(62-45)19-13-11-17(12-14-19)16-7-3-1-4-8-16/h1-15H. The zero-order chi connectivity index (χ0) is 44.8. The molecule has 0 fully saturated rings. The normalized spacial score (nSPS) is 11.4. The average molecular weight is 781 g/mol. The first kappa shape index (κ1) is 43.0. The van der Waals surface area contributed by atoms with Gasteiger partial charge in [0.1, 0.15) is 110 Å². The molecular weight excluding hydrogens is 766 g/mol. The number of hydrogen-bond donors (Lipinski definition) is 0. The first-order valence-corrected chi connectivity index (χ1v) is 20.1. The summed E-state index contributed by atoms with van der Waals surface area (Å²) < 4.78 is 0.997. The Morgan fingerprint density at radius 1 is 0.302 bits per heavy atom. The average Bonchev–Trinajstić information content (AvgIpc) is 3.70. The molecule has 9 aromatic rings. The molecule has 28 radical (unpaired) electrons. The minimum Gasteiger partial charge on any atom is -0.208 e. The number of hydrogen-bond acceptors (Lipinski definition) is 4. The SMILES string of the molecule is [B]c1cc(-c2c([B])c([B])c(-c3nc(-c4ccccc4)nc(-c4ccc(-c5ccccc5)cc4)n3)c([B])c2[B])c2sc3c([B])c([B])c([B])c(-c4c([B])c([B])c([B])c([B])c4[B])c3c2c1[B]. The van der Waals surface area contributed by atoms with Crippen LogP contribution in [0.1, 0.15) is 0 Å². The van der Waals surface area contributed by atoms with Crippen LogP contribution in [0.15, 0.2) is 91.0 Å². The van der Waals surface area contributed by atoms with Crippen LogP contribution in [0.5, 0.6) is 0 Å². The lowest BCUT2D eigenvalue weighted by Crippen LogP contribution is -2.56. The molecule has 0 saturated heterocycles. The van der Waals surface area contributed by atoms with Crippen molar-refractivity contribution in [3.05, 3.63) is 91.0 Å². The molecule has 9 rings (SSSR count). The maximum Gasteiger partial charge on any atom is 0.164 e. The predicted molar refractivity (Wildman–Crippen MR) is 281 cm³/mol. The van der Waals surface area contributed by atoms with Gasteiger partial charge in [0, 0.05) is 31.5 Å². The van der Waals surface area contributed by atoms with Gasteiger partial charge in [0.25, 0.3) is 0 Å². The molecule has 0 N–H and O–H groups in total. The van der Waals surface area contributed by atoms with Gasteiger partial charge in [0.05, 0.1) is 0 Å². The maximum atomic E-state index is 7.02. The van der Waals surface area contributed by atoms with Crippen LogP contribution >= 0.6 is 11.3 Å². The molecule has 63 heavy (non-hydrogen) atoms. The summed E-state index contributed by atoms with van der Waals surface area (Å²) in [5.41, 5.74) is 5.79. The third kappa shape index (κ3) is 6.90. The van der Waals surface area contributed by atoms with Crippen LogP contribution in [-0.4, -0.2) is 125 Å². The quantitative estimate of drug-likeness (QED) is 0.160. The number of thiophene rings is 1. The summed E-state index contributed by atoms with van der Waals surface area (Å²) in [6.45, 7) is 0. The second kappa shape index (κ2) is 16.3. The summed E-state index contributed by atoms with van der Waals surface area (Å²) in [4.78, 5) is 14.6. The highest BCUT2D eigenvalue weighted by Crippen LogP contribution is 2.40. The molecule has 0 aliphatic rings. The van der Waals surface area contributed by atoms with Gasteiger partial charge in [-0.15, -0.1) is 38.7 Å². The molecule has 2 heterocycles. The molecule has 0 aliphatic heterocycles. The summed E-state index contributed by atoms with van der Waals surface area (Å²) in [7, 11) is 93.5. The molecule has 3 nitrogen and oxygen atoms in total. The molecule has 18 heteroatoms. The Bertz CT molecular complexity index is 3320. The Morgan fingerprint density at radius 3 is 1.25 bits per heavy atom. The minimum absolute atomic E-state index is 0.00101. The molecule has 0 saturated carbocycles. The van der Waals surface area contributed by atoms with E-state index in [-0.39, 0.29) is 105 Å². The van der Waals surface area contributed by atoms with Crippen LogP contribution in [0.4, 0.5) is 0 Å². The van der Waals surface area contributed by atoms with Crippen molar-refractivity contribution < 1.29 is 0 Å². The highest BCUT2D eigenvalue weighted by atomic mass is 32.1. The number of fused-ring (bicyclic) bond motifs is 3. The van der Waals surface area contributed by atoms with Crippen molar-refractivity contribution in [1.29, 1.82) is 0 Å². The number of benzene rings is 7. The highest BCUT2D eigenvalue weighted by molar-refractivity contribution is 7.28. The van der Waals surface area contributed by atoms with E-state index in [1.165, 1.54) is 11.3 Å². The summed E-state index contributed by atoms with van der Waals surface area (Å²) in [6.07, 6.45) is 0. The molecule has 2 aromatic heterocycles. The van der Waals surface area contributed by atoms with E-state index in [0.29, 0.717) is 37.4 Å². The molecule has 0 atom stereocenters. The molecule has 0 bridgehead atoms. The predicted octanol–water partition coefficient (Wildman–Crippen LogP) is -4.65. The van der Waals surface area contributed by atoms with Gasteiger partial charge in [-0.05, 0) is 38.8 Å². The molecule has 0 spiro atoms. The van der Waals surface area contributed by atoms with E-state index in [2.05, 4.69) is 0 Å². The number of rotatable bonds is 6. The van der Waals surface area contributed by atoms with Crippen LogP contribution in [0.3, 0.4) is 0 Å². The summed E-state index contributed by atoms with van der Waals surface area (Å²) in [6, 6.07) is 29.0. The lowest BCUT2D eigenvalue weighted by Gasteiger charge is -2.26. The van der Waals surface area contributed by atoms with Gasteiger partial charge in [-0.2, -0.15) is 0 Å². The van der Waals surface area contributed by atoms with Gasteiger partial charge in [-0.3, -0.25) is 0 Å². The Hall–Kier alpha value is -5.32. The van der Waals surface area contributed by atoms with E-state index in [1.807, 2.05) is 84.9 Å². The molecular formula is C45H15B14N3S. The lowest BCUT2D eigenvalue weighted by atomic mass is 9.58. The molecule has 0 unspecified atom stereocenters. The molecule has 258 valence electrons. The topological polar surface area (TPSA) is 38.7 Å². The second-order valence-electron chi connectivity index (χ2n) is 15.0. The third-order valence-electron chi connectivity index (χ3n) is 11.4. The molecule has 0 aliphatic carbocycles. The van der Waals surface area contributed by atoms with Crippen LogP contribution < -0.4 is 76.5 Å². The molecule has 7 aromatic carbocycles. The van der Waals surface area contributed by atoms with Gasteiger partial charge in [0.15, 0.2) is 17.5 Å². The van der Waals surface area contributed by atoms with E-state index in [0.717, 1.165) is 22.3 Å². The van der Waals surface area contributed by atoms with E-state index < -0.39 is 0 Å². The first-order chi connectivity index (χ1) is 30.1. The zero-order valence-corrected chi connectivity index (χ0v) is 34.3. The van der Waals surface area contributed by atoms with E-state index in [4.69, 9.17) is 125 Å². The van der Waals surface area contributed by atoms with Crippen LogP contribution in [-0.2, 0) is 0 Å². The molecule has 0 amide bonds. The van der Waals surface area contributed by atoms with Crippen molar-refractivity contribution in [3.8, 4) is 67.5 Å². The van der Waals surface area contributed by atoms with Gasteiger partial charge in [-0.25, -0.2) is 15.0 Å². The second-order valence-corrected chi connectivity index (χ2v) is 16.0. The Labute approximate surface area is 389 Å². The van der Waals surface area contributed by atoms with Crippen LogP contribution in [0.2, 0.25) is 0 Å². The van der Waals surface area contributed by atoms with Crippen LogP contribution in [0.25, 0.3) is 87.7 Å². The Balaban J connectivity index is 1.29. The lowest BCUT2D eigenvalue weighted by molar-refractivity contribution is 1.08. The summed E-state index contributed by atoms with van der Waals surface area (Å²) in [5, 5.41) is 0.837. The van der Waals surface area contributed by atoms with Crippen molar-refractivity contribution in [1.82, 2.24) is 15.0 Å². The fourth-order valence-corrected chi connectivity index (χ4v) is 9.30. The van der Waals surface area contributed by atoms with Gasteiger partial charge >= 0.3 is 0 Å². The van der Waals surface area contributed by atoms with Crippen molar-refractivity contribution in [3.63, 3.8) is 0 Å². The Morgan fingerprint density at radius 2 is 0.698 bits per heavy atom. The first-order valence-electron chi connectivity index (χ1n) is 19.3. The summed E-state index contributed by atoms with van der Waals surface area (Å²) >= 11 is 1.23. The monoisotopic (exact) mass is 783 g/mol. The smallest absolute Gasteiger partial charge is 0.164 e. The minimum atomic E-state index is 0.00101. The van der Waals surface area contributed by atoms with E-state index >= 15 is 0 Å². The van der Waals surface area contributed by atoms with Crippen molar-refractivity contribution in [2.75, 3.05) is 0 Å². The number of aromatic nitrogens is 3. The van der Waals surface area contributed by atoms with Crippen molar-refractivity contribution in [2.24, 2.45) is 0 Å².